The van der Waals surface area contributed by atoms with Crippen LogP contribution < -0.4 is 4.72 Å². The Morgan fingerprint density at radius 2 is 2.04 bits per heavy atom. The summed E-state index contributed by atoms with van der Waals surface area (Å²) in [4.78, 5) is -0.180. The van der Waals surface area contributed by atoms with E-state index >= 15 is 0 Å². The third kappa shape index (κ3) is 3.33. The molecule has 3 rings (SSSR count). The van der Waals surface area contributed by atoms with Crippen molar-refractivity contribution < 1.29 is 17.2 Å². The fourth-order valence-electron chi connectivity index (χ4n) is 2.23. The van der Waals surface area contributed by atoms with E-state index < -0.39 is 27.3 Å². The number of nitrogens with zero attached hydrogens (tertiary/aromatic N) is 3. The second kappa shape index (κ2) is 6.42. The first-order valence-corrected chi connectivity index (χ1v) is 9.10. The lowest BCUT2D eigenvalue weighted by atomic mass is 10.1. The number of anilines is 1. The molecule has 25 heavy (non-hydrogen) atoms. The Kier molecular flexibility index (Phi) is 4.45. The monoisotopic (exact) mass is 426 g/mol. The van der Waals surface area contributed by atoms with Crippen LogP contribution in [0.3, 0.4) is 0 Å². The largest absolute Gasteiger partial charge is 0.276 e. The van der Waals surface area contributed by atoms with E-state index in [9.17, 15) is 17.2 Å². The molecule has 2 aromatic heterocycles. The van der Waals surface area contributed by atoms with Gasteiger partial charge in [0.1, 0.15) is 16.5 Å². The Balaban J connectivity index is 2.02. The summed E-state index contributed by atoms with van der Waals surface area (Å²) < 4.78 is 57.0. The van der Waals surface area contributed by atoms with E-state index in [0.717, 1.165) is 12.3 Å². The van der Waals surface area contributed by atoms with E-state index in [1.54, 1.807) is 18.3 Å². The molecular weight excluding hydrogens is 418 g/mol. The predicted molar refractivity (Wildman–Crippen MR) is 89.4 cm³/mol. The fourth-order valence-corrected chi connectivity index (χ4v) is 3.73. The summed E-state index contributed by atoms with van der Waals surface area (Å²) in [5.74, 6) is -1.85. The fraction of sp³-hybridized carbons (Fsp3) is 0.0667. The average Bonchev–Trinajstić information content (AvgIpc) is 2.96. The Bertz CT molecular complexity index is 1120. The summed E-state index contributed by atoms with van der Waals surface area (Å²) in [7, 11) is -4.19. The lowest BCUT2D eigenvalue weighted by Gasteiger charge is -2.09. The van der Waals surface area contributed by atoms with Gasteiger partial charge >= 0.3 is 0 Å². The number of pyridine rings is 1. The van der Waals surface area contributed by atoms with Gasteiger partial charge in [0.05, 0.1) is 29.9 Å². The summed E-state index contributed by atoms with van der Waals surface area (Å²) in [6, 6.07) is 6.37. The molecule has 0 saturated carbocycles. The van der Waals surface area contributed by atoms with Crippen molar-refractivity contribution in [2.75, 3.05) is 4.72 Å². The lowest BCUT2D eigenvalue weighted by Crippen LogP contribution is -2.14. The second-order valence-electron chi connectivity index (χ2n) is 5.05. The van der Waals surface area contributed by atoms with Crippen molar-refractivity contribution in [1.82, 2.24) is 9.61 Å². The van der Waals surface area contributed by atoms with E-state index in [0.29, 0.717) is 10.5 Å². The van der Waals surface area contributed by atoms with Crippen LogP contribution in [0.5, 0.6) is 0 Å². The number of halogens is 3. The van der Waals surface area contributed by atoms with Crippen LogP contribution in [0.4, 0.5) is 14.5 Å². The smallest absolute Gasteiger partial charge is 0.265 e. The average molecular weight is 427 g/mol. The van der Waals surface area contributed by atoms with E-state index in [-0.39, 0.29) is 22.4 Å². The van der Waals surface area contributed by atoms with Crippen molar-refractivity contribution >= 4 is 37.2 Å². The first kappa shape index (κ1) is 17.3. The van der Waals surface area contributed by atoms with Crippen LogP contribution in [0.2, 0.25) is 0 Å². The number of nitriles is 1. The molecule has 0 aliphatic rings. The number of hydrogen-bond acceptors (Lipinski definition) is 4. The van der Waals surface area contributed by atoms with Crippen LogP contribution in [0, 0.1) is 23.0 Å². The highest BCUT2D eigenvalue weighted by atomic mass is 79.9. The molecule has 3 aromatic rings. The summed E-state index contributed by atoms with van der Waals surface area (Å²) in [5.41, 5.74) is -0.419. The molecule has 10 heteroatoms. The van der Waals surface area contributed by atoms with Crippen molar-refractivity contribution in [3.05, 3.63) is 58.3 Å². The van der Waals surface area contributed by atoms with Gasteiger partial charge in [-0.3, -0.25) is 4.72 Å². The van der Waals surface area contributed by atoms with E-state index in [1.165, 1.54) is 10.6 Å². The molecule has 0 saturated heterocycles. The van der Waals surface area contributed by atoms with Gasteiger partial charge in [0.15, 0.2) is 0 Å². The van der Waals surface area contributed by atoms with Crippen LogP contribution in [0.25, 0.3) is 5.52 Å². The van der Waals surface area contributed by atoms with Crippen molar-refractivity contribution in [3.63, 3.8) is 0 Å². The number of benzene rings is 1. The maximum absolute atomic E-state index is 14.1. The minimum absolute atomic E-state index is 0.149. The molecule has 0 unspecified atom stereocenters. The first-order chi connectivity index (χ1) is 11.8. The molecule has 2 heterocycles. The SMILES string of the molecule is N#CCc1cc(F)c(NS(=O)(=O)c2cnn3cc(Br)ccc23)cc1F. The van der Waals surface area contributed by atoms with E-state index in [4.69, 9.17) is 5.26 Å². The topological polar surface area (TPSA) is 87.3 Å². The summed E-state index contributed by atoms with van der Waals surface area (Å²) >= 11 is 3.24. The minimum Gasteiger partial charge on any atom is -0.276 e. The van der Waals surface area contributed by atoms with Crippen LogP contribution in [0.1, 0.15) is 5.56 Å². The summed E-state index contributed by atoms with van der Waals surface area (Å²) in [6.07, 6.45) is 2.35. The third-order valence-electron chi connectivity index (χ3n) is 3.38. The predicted octanol–water partition coefficient (Wildman–Crippen LogP) is 3.24. The minimum atomic E-state index is -4.19. The molecule has 0 aliphatic carbocycles. The highest BCUT2D eigenvalue weighted by Gasteiger charge is 2.22. The number of hydrogen-bond donors (Lipinski definition) is 1. The van der Waals surface area contributed by atoms with Gasteiger partial charge in [-0.15, -0.1) is 0 Å². The molecule has 1 aromatic carbocycles. The van der Waals surface area contributed by atoms with Gasteiger partial charge in [0.25, 0.3) is 10.0 Å². The second-order valence-corrected chi connectivity index (χ2v) is 7.62. The molecule has 0 amide bonds. The standard InChI is InChI=1S/C15H9BrF2N4O2S/c16-10-1-2-14-15(7-20-22(14)8-10)25(23,24)21-13-6-11(17)9(3-4-19)5-12(13)18/h1-2,5-8,21H,3H2. The number of nitrogens with one attached hydrogen (secondary N) is 1. The van der Waals surface area contributed by atoms with Crippen molar-refractivity contribution in [2.24, 2.45) is 0 Å². The van der Waals surface area contributed by atoms with Crippen LogP contribution in [-0.2, 0) is 16.4 Å². The first-order valence-electron chi connectivity index (χ1n) is 6.82. The molecule has 0 bridgehead atoms. The molecule has 1 N–H and O–H groups in total. The third-order valence-corrected chi connectivity index (χ3v) is 5.24. The molecule has 0 fully saturated rings. The maximum atomic E-state index is 14.1. The zero-order valence-electron chi connectivity index (χ0n) is 12.4. The Morgan fingerprint density at radius 1 is 1.28 bits per heavy atom. The van der Waals surface area contributed by atoms with Gasteiger partial charge in [0, 0.05) is 22.3 Å². The molecule has 0 atom stereocenters. The van der Waals surface area contributed by atoms with Crippen molar-refractivity contribution in [2.45, 2.75) is 11.3 Å². The zero-order valence-corrected chi connectivity index (χ0v) is 14.8. The van der Waals surface area contributed by atoms with E-state index in [2.05, 4.69) is 21.0 Å². The van der Waals surface area contributed by atoms with Crippen LogP contribution in [-0.4, -0.2) is 18.0 Å². The number of rotatable bonds is 4. The molecule has 0 radical (unpaired) electrons. The Hall–Kier alpha value is -2.51. The molecule has 0 aliphatic heterocycles. The van der Waals surface area contributed by atoms with Crippen molar-refractivity contribution in [1.29, 1.82) is 5.26 Å². The quantitative estimate of drug-likeness (QED) is 0.693. The highest BCUT2D eigenvalue weighted by molar-refractivity contribution is 9.10. The number of sulfonamides is 1. The van der Waals surface area contributed by atoms with Gasteiger partial charge in [0.2, 0.25) is 0 Å². The Labute approximate surface area is 149 Å². The van der Waals surface area contributed by atoms with Gasteiger partial charge in [-0.05, 0) is 34.1 Å². The van der Waals surface area contributed by atoms with Gasteiger partial charge in [-0.2, -0.15) is 10.4 Å². The zero-order chi connectivity index (χ0) is 18.2. The lowest BCUT2D eigenvalue weighted by molar-refractivity contribution is 0.589. The van der Waals surface area contributed by atoms with Gasteiger partial charge in [-0.1, -0.05) is 0 Å². The van der Waals surface area contributed by atoms with Crippen LogP contribution in [0.15, 0.2) is 46.0 Å². The van der Waals surface area contributed by atoms with E-state index in [1.807, 2.05) is 4.72 Å². The van der Waals surface area contributed by atoms with Gasteiger partial charge < -0.3 is 0 Å². The summed E-state index contributed by atoms with van der Waals surface area (Å²) in [6.45, 7) is 0. The molecule has 6 nitrogen and oxygen atoms in total. The number of aromatic nitrogens is 2. The molecule has 0 spiro atoms. The van der Waals surface area contributed by atoms with Crippen molar-refractivity contribution in [3.8, 4) is 6.07 Å². The molecular formula is C15H9BrF2N4O2S. The number of fused-ring (bicyclic) bond motifs is 1. The summed E-state index contributed by atoms with van der Waals surface area (Å²) in [5, 5.41) is 12.5. The highest BCUT2D eigenvalue weighted by Crippen LogP contribution is 2.25. The maximum Gasteiger partial charge on any atom is 0.265 e. The molecule has 128 valence electrons. The van der Waals surface area contributed by atoms with Gasteiger partial charge in [-0.25, -0.2) is 21.7 Å². The Morgan fingerprint density at radius 3 is 2.76 bits per heavy atom. The van der Waals surface area contributed by atoms with Crippen LogP contribution >= 0.6 is 15.9 Å². The normalized spacial score (nSPS) is 11.4.